The first kappa shape index (κ1) is 17.6. The maximum Gasteiger partial charge on any atom is 0.306 e. The number of ether oxygens (including phenoxy) is 1. The van der Waals surface area contributed by atoms with Gasteiger partial charge in [-0.25, -0.2) is 0 Å². The van der Waals surface area contributed by atoms with E-state index in [1.807, 2.05) is 25.1 Å². The maximum atomic E-state index is 12.5. The van der Waals surface area contributed by atoms with Crippen molar-refractivity contribution < 1.29 is 19.1 Å². The Morgan fingerprint density at radius 1 is 1.22 bits per heavy atom. The zero-order chi connectivity index (χ0) is 19.1. The summed E-state index contributed by atoms with van der Waals surface area (Å²) in [6.45, 7) is 1.94. The van der Waals surface area contributed by atoms with E-state index in [-0.39, 0.29) is 17.5 Å². The van der Waals surface area contributed by atoms with Gasteiger partial charge in [0.2, 0.25) is 0 Å². The van der Waals surface area contributed by atoms with Crippen LogP contribution in [0.4, 0.5) is 0 Å². The SMILES string of the molecule is Cc1ccc(-c2cc(=O)c3cccc(Cl)c3o2)c(OC2CC(C(=O)O)C2)c1. The summed E-state index contributed by atoms with van der Waals surface area (Å²) in [4.78, 5) is 23.5. The van der Waals surface area contributed by atoms with Gasteiger partial charge in [-0.15, -0.1) is 0 Å². The first-order valence-electron chi connectivity index (χ1n) is 8.65. The molecule has 2 aromatic carbocycles. The molecule has 138 valence electrons. The van der Waals surface area contributed by atoms with Crippen LogP contribution in [-0.4, -0.2) is 17.2 Å². The van der Waals surface area contributed by atoms with E-state index in [9.17, 15) is 9.59 Å². The van der Waals surface area contributed by atoms with Gasteiger partial charge in [0.25, 0.3) is 0 Å². The van der Waals surface area contributed by atoms with Crippen LogP contribution in [0.5, 0.6) is 5.75 Å². The van der Waals surface area contributed by atoms with Crippen molar-refractivity contribution in [1.29, 1.82) is 0 Å². The fourth-order valence-corrected chi connectivity index (χ4v) is 3.46. The lowest BCUT2D eigenvalue weighted by Gasteiger charge is -2.33. The van der Waals surface area contributed by atoms with Crippen LogP contribution in [0.25, 0.3) is 22.3 Å². The largest absolute Gasteiger partial charge is 0.490 e. The highest BCUT2D eigenvalue weighted by atomic mass is 35.5. The van der Waals surface area contributed by atoms with Gasteiger partial charge in [-0.2, -0.15) is 0 Å². The molecule has 27 heavy (non-hydrogen) atoms. The minimum atomic E-state index is -0.797. The predicted molar refractivity (Wildman–Crippen MR) is 102 cm³/mol. The third-order valence-electron chi connectivity index (χ3n) is 4.85. The van der Waals surface area contributed by atoms with E-state index >= 15 is 0 Å². The summed E-state index contributed by atoms with van der Waals surface area (Å²) in [5.74, 6) is -0.224. The molecule has 0 spiro atoms. The second-order valence-corrected chi connectivity index (χ2v) is 7.24. The molecular weight excluding hydrogens is 368 g/mol. The second-order valence-electron chi connectivity index (χ2n) is 6.84. The van der Waals surface area contributed by atoms with E-state index in [0.717, 1.165) is 5.56 Å². The number of fused-ring (bicyclic) bond motifs is 1. The molecule has 1 heterocycles. The van der Waals surface area contributed by atoms with Crippen molar-refractivity contribution in [3.63, 3.8) is 0 Å². The van der Waals surface area contributed by atoms with Crippen molar-refractivity contribution in [2.45, 2.75) is 25.9 Å². The lowest BCUT2D eigenvalue weighted by atomic mass is 9.82. The van der Waals surface area contributed by atoms with E-state index < -0.39 is 5.97 Å². The Hall–Kier alpha value is -2.79. The van der Waals surface area contributed by atoms with Crippen molar-refractivity contribution in [3.8, 4) is 17.1 Å². The summed E-state index contributed by atoms with van der Waals surface area (Å²) in [6, 6.07) is 12.1. The average Bonchev–Trinajstić information content (AvgIpc) is 2.58. The van der Waals surface area contributed by atoms with Crippen molar-refractivity contribution in [2.24, 2.45) is 5.92 Å². The number of rotatable bonds is 4. The molecule has 1 N–H and O–H groups in total. The minimum Gasteiger partial charge on any atom is -0.490 e. The Kier molecular flexibility index (Phi) is 4.40. The Bertz CT molecular complexity index is 1100. The van der Waals surface area contributed by atoms with E-state index in [0.29, 0.717) is 45.9 Å². The number of aryl methyl sites for hydroxylation is 1. The highest BCUT2D eigenvalue weighted by molar-refractivity contribution is 6.34. The van der Waals surface area contributed by atoms with Crippen LogP contribution in [0, 0.1) is 12.8 Å². The third-order valence-corrected chi connectivity index (χ3v) is 5.14. The van der Waals surface area contributed by atoms with Gasteiger partial charge in [-0.1, -0.05) is 23.7 Å². The molecule has 1 fully saturated rings. The average molecular weight is 385 g/mol. The Morgan fingerprint density at radius 2 is 2.00 bits per heavy atom. The van der Waals surface area contributed by atoms with E-state index in [4.69, 9.17) is 25.9 Å². The molecule has 0 atom stereocenters. The number of hydrogen-bond donors (Lipinski definition) is 1. The number of carboxylic acids is 1. The molecule has 1 aliphatic rings. The first-order chi connectivity index (χ1) is 12.9. The lowest BCUT2D eigenvalue weighted by Crippen LogP contribution is -2.38. The number of carboxylic acid groups (broad SMARTS) is 1. The quantitative estimate of drug-likeness (QED) is 0.707. The predicted octanol–water partition coefficient (Wildman–Crippen LogP) is 4.66. The van der Waals surface area contributed by atoms with Crippen LogP contribution in [-0.2, 0) is 4.79 Å². The monoisotopic (exact) mass is 384 g/mol. The van der Waals surface area contributed by atoms with Gasteiger partial charge in [0.05, 0.1) is 21.9 Å². The molecule has 0 radical (unpaired) electrons. The number of halogens is 1. The van der Waals surface area contributed by atoms with Crippen LogP contribution in [0.2, 0.25) is 5.02 Å². The van der Waals surface area contributed by atoms with Gasteiger partial charge in [-0.05, 0) is 49.6 Å². The summed E-state index contributed by atoms with van der Waals surface area (Å²) in [7, 11) is 0. The molecule has 4 rings (SSSR count). The van der Waals surface area contributed by atoms with E-state index in [1.54, 1.807) is 18.2 Å². The Balaban J connectivity index is 1.74. The molecule has 0 amide bonds. The number of aliphatic carboxylic acids is 1. The van der Waals surface area contributed by atoms with E-state index in [1.165, 1.54) is 6.07 Å². The molecule has 0 aliphatic heterocycles. The zero-order valence-corrected chi connectivity index (χ0v) is 15.3. The fraction of sp³-hybridized carbons (Fsp3) is 0.238. The molecule has 6 heteroatoms. The first-order valence-corrected chi connectivity index (χ1v) is 9.03. The zero-order valence-electron chi connectivity index (χ0n) is 14.6. The molecule has 0 saturated heterocycles. The van der Waals surface area contributed by atoms with Crippen molar-refractivity contribution in [1.82, 2.24) is 0 Å². The van der Waals surface area contributed by atoms with Gasteiger partial charge in [-0.3, -0.25) is 9.59 Å². The molecule has 0 unspecified atom stereocenters. The molecule has 1 saturated carbocycles. The van der Waals surface area contributed by atoms with Gasteiger partial charge in [0, 0.05) is 6.07 Å². The van der Waals surface area contributed by atoms with E-state index in [2.05, 4.69) is 0 Å². The number of carbonyl (C=O) groups is 1. The number of para-hydroxylation sites is 1. The van der Waals surface area contributed by atoms with Gasteiger partial charge in [0.1, 0.15) is 17.6 Å². The summed E-state index contributed by atoms with van der Waals surface area (Å²) in [6.07, 6.45) is 0.772. The fourth-order valence-electron chi connectivity index (χ4n) is 3.25. The van der Waals surface area contributed by atoms with Crippen molar-refractivity contribution >= 4 is 28.5 Å². The van der Waals surface area contributed by atoms with Crippen molar-refractivity contribution in [2.75, 3.05) is 0 Å². The minimum absolute atomic E-state index is 0.164. The lowest BCUT2D eigenvalue weighted by molar-refractivity contribution is -0.147. The standard InChI is InChI=1S/C21H17ClO5/c1-11-5-6-15(18(7-11)26-13-8-12(9-13)21(24)25)19-10-17(23)14-3-2-4-16(22)20(14)27-19/h2-7,10,12-13H,8-9H2,1H3,(H,24,25). The summed E-state index contributed by atoms with van der Waals surface area (Å²) in [5, 5.41) is 9.82. The highest BCUT2D eigenvalue weighted by Gasteiger charge is 2.36. The van der Waals surface area contributed by atoms with Gasteiger partial charge < -0.3 is 14.3 Å². The van der Waals surface area contributed by atoms with Crippen LogP contribution < -0.4 is 10.2 Å². The third kappa shape index (κ3) is 3.30. The highest BCUT2D eigenvalue weighted by Crippen LogP contribution is 2.37. The van der Waals surface area contributed by atoms with Crippen LogP contribution >= 0.6 is 11.6 Å². The summed E-state index contributed by atoms with van der Waals surface area (Å²) in [5.41, 5.74) is 1.78. The normalized spacial score (nSPS) is 18.9. The number of benzene rings is 2. The maximum absolute atomic E-state index is 12.5. The summed E-state index contributed by atoms with van der Waals surface area (Å²) >= 11 is 6.20. The molecule has 5 nitrogen and oxygen atoms in total. The van der Waals surface area contributed by atoms with Crippen LogP contribution in [0.1, 0.15) is 18.4 Å². The topological polar surface area (TPSA) is 76.7 Å². The summed E-state index contributed by atoms with van der Waals surface area (Å²) < 4.78 is 11.9. The Morgan fingerprint density at radius 3 is 2.74 bits per heavy atom. The van der Waals surface area contributed by atoms with Crippen molar-refractivity contribution in [3.05, 3.63) is 63.3 Å². The molecule has 1 aromatic heterocycles. The van der Waals surface area contributed by atoms with Crippen LogP contribution in [0.3, 0.4) is 0 Å². The molecule has 1 aliphatic carbocycles. The smallest absolute Gasteiger partial charge is 0.306 e. The molecular formula is C21H17ClO5. The number of hydrogen-bond acceptors (Lipinski definition) is 4. The van der Waals surface area contributed by atoms with Crippen LogP contribution in [0.15, 0.2) is 51.7 Å². The Labute approximate surface area is 160 Å². The molecule has 3 aromatic rings. The second kappa shape index (κ2) is 6.74. The van der Waals surface area contributed by atoms with Gasteiger partial charge >= 0.3 is 5.97 Å². The molecule has 0 bridgehead atoms. The van der Waals surface area contributed by atoms with Gasteiger partial charge in [0.15, 0.2) is 11.0 Å².